The molecular formula is C22H19N3O. The predicted octanol–water partition coefficient (Wildman–Crippen LogP) is 4.19. The molecule has 0 radical (unpaired) electrons. The summed E-state index contributed by atoms with van der Waals surface area (Å²) in [6.45, 7) is 2.02. The Morgan fingerprint density at radius 2 is 1.23 bits per heavy atom. The minimum atomic E-state index is -0.225. The molecule has 0 spiro atoms. The topological polar surface area (TPSA) is 52.9 Å². The molecular weight excluding hydrogens is 322 g/mol. The third-order valence-electron chi connectivity index (χ3n) is 4.42. The zero-order valence-corrected chi connectivity index (χ0v) is 14.5. The van der Waals surface area contributed by atoms with Crippen LogP contribution in [0.1, 0.15) is 5.56 Å². The smallest absolute Gasteiger partial charge is 0.295 e. The monoisotopic (exact) mass is 341 g/mol. The molecule has 2 N–H and O–H groups in total. The fourth-order valence-corrected chi connectivity index (χ4v) is 3.13. The van der Waals surface area contributed by atoms with Crippen LogP contribution in [0.4, 0.5) is 5.69 Å². The van der Waals surface area contributed by atoms with Crippen molar-refractivity contribution in [3.05, 3.63) is 101 Å². The van der Waals surface area contributed by atoms with Gasteiger partial charge >= 0.3 is 0 Å². The molecule has 0 aliphatic carbocycles. The first-order valence-corrected chi connectivity index (χ1v) is 8.48. The number of hydrogen-bond acceptors (Lipinski definition) is 2. The van der Waals surface area contributed by atoms with E-state index in [0.29, 0.717) is 5.69 Å². The number of para-hydroxylation sites is 1. The van der Waals surface area contributed by atoms with Gasteiger partial charge in [-0.05, 0) is 31.2 Å². The summed E-state index contributed by atoms with van der Waals surface area (Å²) in [5, 5.41) is 0. The lowest BCUT2D eigenvalue weighted by atomic mass is 10.1. The zero-order valence-electron chi connectivity index (χ0n) is 14.5. The minimum Gasteiger partial charge on any atom is -0.392 e. The predicted molar refractivity (Wildman–Crippen MR) is 106 cm³/mol. The molecule has 1 aromatic heterocycles. The molecule has 128 valence electrons. The van der Waals surface area contributed by atoms with Crippen molar-refractivity contribution in [1.29, 1.82) is 0 Å². The van der Waals surface area contributed by atoms with E-state index in [0.717, 1.165) is 22.5 Å². The molecule has 4 heteroatoms. The summed E-state index contributed by atoms with van der Waals surface area (Å²) in [7, 11) is 0. The van der Waals surface area contributed by atoms with Gasteiger partial charge in [-0.3, -0.25) is 4.79 Å². The minimum absolute atomic E-state index is 0.225. The number of aryl methyl sites for hydroxylation is 1. The molecule has 4 aromatic rings. The molecule has 4 rings (SSSR count). The molecule has 1 heterocycles. The van der Waals surface area contributed by atoms with Gasteiger partial charge in [-0.2, -0.15) is 0 Å². The van der Waals surface area contributed by atoms with Crippen LogP contribution < -0.4 is 11.3 Å². The number of benzene rings is 3. The summed E-state index contributed by atoms with van der Waals surface area (Å²) in [5.41, 5.74) is 10.7. The molecule has 3 aromatic carbocycles. The fourth-order valence-electron chi connectivity index (χ4n) is 3.13. The second kappa shape index (κ2) is 6.41. The summed E-state index contributed by atoms with van der Waals surface area (Å²) in [5.74, 6) is 0. The molecule has 0 fully saturated rings. The van der Waals surface area contributed by atoms with Gasteiger partial charge < -0.3 is 5.73 Å². The summed E-state index contributed by atoms with van der Waals surface area (Å²) in [6, 6.07) is 27.4. The van der Waals surface area contributed by atoms with E-state index in [4.69, 9.17) is 5.73 Å². The quantitative estimate of drug-likeness (QED) is 0.607. The highest BCUT2D eigenvalue weighted by Gasteiger charge is 2.21. The first kappa shape index (κ1) is 16.0. The van der Waals surface area contributed by atoms with Gasteiger partial charge in [0.15, 0.2) is 0 Å². The van der Waals surface area contributed by atoms with E-state index in [9.17, 15) is 4.79 Å². The molecule has 0 amide bonds. The number of anilines is 1. The van der Waals surface area contributed by atoms with Gasteiger partial charge in [-0.15, -0.1) is 0 Å². The number of aromatic nitrogens is 2. The van der Waals surface area contributed by atoms with Crippen LogP contribution in [-0.2, 0) is 0 Å². The summed E-state index contributed by atoms with van der Waals surface area (Å²) in [6.07, 6.45) is 0. The number of nitrogens with zero attached hydrogens (tertiary/aromatic N) is 2. The molecule has 0 saturated heterocycles. The standard InChI is InChI=1S/C22H19N3O/c1-16-12-14-19(15-13-16)25-22(26)20(23)21(17-8-4-2-5-9-17)24(25)18-10-6-3-7-11-18/h2-15H,23H2,1H3. The van der Waals surface area contributed by atoms with Gasteiger partial charge in [0.2, 0.25) is 0 Å². The molecule has 26 heavy (non-hydrogen) atoms. The molecule has 0 bridgehead atoms. The van der Waals surface area contributed by atoms with Crippen molar-refractivity contribution in [3.63, 3.8) is 0 Å². The molecule has 0 aliphatic rings. The van der Waals surface area contributed by atoms with Gasteiger partial charge in [-0.25, -0.2) is 9.36 Å². The van der Waals surface area contributed by atoms with Crippen molar-refractivity contribution in [1.82, 2.24) is 9.36 Å². The maximum Gasteiger partial charge on any atom is 0.295 e. The second-order valence-corrected chi connectivity index (χ2v) is 6.23. The fraction of sp³-hybridized carbons (Fsp3) is 0.0455. The lowest BCUT2D eigenvalue weighted by molar-refractivity contribution is 0.729. The Morgan fingerprint density at radius 3 is 1.85 bits per heavy atom. The normalized spacial score (nSPS) is 10.8. The third-order valence-corrected chi connectivity index (χ3v) is 4.42. The van der Waals surface area contributed by atoms with Crippen LogP contribution in [0.25, 0.3) is 22.6 Å². The molecule has 4 nitrogen and oxygen atoms in total. The highest BCUT2D eigenvalue weighted by atomic mass is 16.1. The van der Waals surface area contributed by atoms with E-state index in [-0.39, 0.29) is 11.2 Å². The Balaban J connectivity index is 2.09. The van der Waals surface area contributed by atoms with Gasteiger partial charge in [0, 0.05) is 5.56 Å². The molecule has 0 atom stereocenters. The van der Waals surface area contributed by atoms with Crippen LogP contribution in [-0.4, -0.2) is 9.36 Å². The lowest BCUT2D eigenvalue weighted by Gasteiger charge is -2.15. The Hall–Kier alpha value is -3.53. The first-order chi connectivity index (χ1) is 12.7. The van der Waals surface area contributed by atoms with Gasteiger partial charge in [0.25, 0.3) is 5.56 Å². The Labute approximate surface area is 151 Å². The summed E-state index contributed by atoms with van der Waals surface area (Å²) >= 11 is 0. The molecule has 0 unspecified atom stereocenters. The van der Waals surface area contributed by atoms with Crippen molar-refractivity contribution in [2.45, 2.75) is 6.92 Å². The highest BCUT2D eigenvalue weighted by Crippen LogP contribution is 2.28. The largest absolute Gasteiger partial charge is 0.392 e. The van der Waals surface area contributed by atoms with Crippen LogP contribution in [0.3, 0.4) is 0 Å². The van der Waals surface area contributed by atoms with E-state index in [1.165, 1.54) is 0 Å². The Bertz CT molecular complexity index is 1090. The van der Waals surface area contributed by atoms with E-state index in [1.807, 2.05) is 96.5 Å². The third kappa shape index (κ3) is 2.62. The van der Waals surface area contributed by atoms with Gasteiger partial charge in [-0.1, -0.05) is 66.2 Å². The lowest BCUT2D eigenvalue weighted by Crippen LogP contribution is -2.21. The zero-order chi connectivity index (χ0) is 18.1. The van der Waals surface area contributed by atoms with Crippen molar-refractivity contribution in [2.75, 3.05) is 5.73 Å². The van der Waals surface area contributed by atoms with Crippen molar-refractivity contribution in [2.24, 2.45) is 0 Å². The van der Waals surface area contributed by atoms with Crippen molar-refractivity contribution < 1.29 is 0 Å². The maximum absolute atomic E-state index is 13.1. The first-order valence-electron chi connectivity index (χ1n) is 8.48. The van der Waals surface area contributed by atoms with Crippen LogP contribution in [0.15, 0.2) is 89.7 Å². The average Bonchev–Trinajstić information content (AvgIpc) is 2.95. The number of rotatable bonds is 3. The summed E-state index contributed by atoms with van der Waals surface area (Å²) < 4.78 is 3.52. The maximum atomic E-state index is 13.1. The highest BCUT2D eigenvalue weighted by molar-refractivity contribution is 5.75. The van der Waals surface area contributed by atoms with E-state index < -0.39 is 0 Å². The van der Waals surface area contributed by atoms with Crippen LogP contribution >= 0.6 is 0 Å². The van der Waals surface area contributed by atoms with E-state index in [1.54, 1.807) is 4.68 Å². The number of nitrogen functional groups attached to an aromatic ring is 1. The number of hydrogen-bond donors (Lipinski definition) is 1. The average molecular weight is 341 g/mol. The molecule has 0 aliphatic heterocycles. The van der Waals surface area contributed by atoms with E-state index >= 15 is 0 Å². The van der Waals surface area contributed by atoms with Crippen LogP contribution in [0.2, 0.25) is 0 Å². The van der Waals surface area contributed by atoms with E-state index in [2.05, 4.69) is 0 Å². The Morgan fingerprint density at radius 1 is 0.692 bits per heavy atom. The van der Waals surface area contributed by atoms with Crippen LogP contribution in [0.5, 0.6) is 0 Å². The summed E-state index contributed by atoms with van der Waals surface area (Å²) in [4.78, 5) is 13.1. The van der Waals surface area contributed by atoms with Gasteiger partial charge in [0.05, 0.1) is 17.1 Å². The van der Waals surface area contributed by atoms with Crippen molar-refractivity contribution in [3.8, 4) is 22.6 Å². The number of nitrogens with two attached hydrogens (primary N) is 1. The second-order valence-electron chi connectivity index (χ2n) is 6.23. The Kier molecular flexibility index (Phi) is 3.93. The van der Waals surface area contributed by atoms with Gasteiger partial charge in [0.1, 0.15) is 5.69 Å². The SMILES string of the molecule is Cc1ccc(-n2c(=O)c(N)c(-c3ccccc3)n2-c2ccccc2)cc1. The van der Waals surface area contributed by atoms with Crippen LogP contribution in [0, 0.1) is 6.92 Å². The molecule has 0 saturated carbocycles. The van der Waals surface area contributed by atoms with Crippen molar-refractivity contribution >= 4 is 5.69 Å².